The molecule has 0 unspecified atom stereocenters. The summed E-state index contributed by atoms with van der Waals surface area (Å²) in [7, 11) is 0. The minimum Gasteiger partial charge on any atom is -0.494 e. The van der Waals surface area contributed by atoms with Gasteiger partial charge < -0.3 is 4.74 Å². The molecule has 3 aromatic heterocycles. The fraction of sp³-hybridized carbons (Fsp3) is 0.182. The number of thiazole rings is 1. The van der Waals surface area contributed by atoms with Gasteiger partial charge in [0.2, 0.25) is 4.96 Å². The topological polar surface area (TPSA) is 91.4 Å². The fourth-order valence-electron chi connectivity index (χ4n) is 4.72. The number of rotatable bonds is 8. The van der Waals surface area contributed by atoms with Crippen molar-refractivity contribution in [1.29, 1.82) is 0 Å². The summed E-state index contributed by atoms with van der Waals surface area (Å²) >= 11 is 1.14. The molecule has 0 bridgehead atoms. The number of fused-ring (bicyclic) bond motifs is 1. The zero-order valence-corrected chi connectivity index (χ0v) is 24.4. The van der Waals surface area contributed by atoms with Gasteiger partial charge in [-0.15, -0.1) is 0 Å². The summed E-state index contributed by atoms with van der Waals surface area (Å²) in [5.74, 6) is 0.806. The highest BCUT2D eigenvalue weighted by Gasteiger charge is 2.16. The normalized spacial score (nSPS) is 11.8. The Bertz CT molecular complexity index is 2060. The van der Waals surface area contributed by atoms with Gasteiger partial charge in [0.25, 0.3) is 11.1 Å². The van der Waals surface area contributed by atoms with E-state index in [1.807, 2.05) is 92.8 Å². The number of para-hydroxylation sites is 1. The maximum absolute atomic E-state index is 13.5. The van der Waals surface area contributed by atoms with Gasteiger partial charge in [0, 0.05) is 23.7 Å². The number of nitrogens with zero attached hydrogens (tertiary/aromatic N) is 5. The van der Waals surface area contributed by atoms with Crippen LogP contribution in [0.4, 0.5) is 0 Å². The van der Waals surface area contributed by atoms with Crippen LogP contribution in [0, 0.1) is 13.8 Å². The van der Waals surface area contributed by atoms with E-state index in [1.54, 1.807) is 10.8 Å². The van der Waals surface area contributed by atoms with Crippen molar-refractivity contribution in [2.45, 2.75) is 33.6 Å². The first-order chi connectivity index (χ1) is 20.4. The van der Waals surface area contributed by atoms with Crippen LogP contribution < -0.4 is 20.4 Å². The summed E-state index contributed by atoms with van der Waals surface area (Å²) in [5.41, 5.74) is 5.85. The van der Waals surface area contributed by atoms with Crippen molar-refractivity contribution in [1.82, 2.24) is 24.4 Å². The predicted molar refractivity (Wildman–Crippen MR) is 166 cm³/mol. The fourth-order valence-corrected chi connectivity index (χ4v) is 5.61. The quantitative estimate of drug-likeness (QED) is 0.256. The largest absolute Gasteiger partial charge is 0.494 e. The van der Waals surface area contributed by atoms with Crippen molar-refractivity contribution in [2.75, 3.05) is 6.61 Å². The zero-order valence-electron chi connectivity index (χ0n) is 23.6. The van der Waals surface area contributed by atoms with Crippen LogP contribution in [-0.2, 0) is 6.42 Å². The third-order valence-electron chi connectivity index (χ3n) is 6.92. The summed E-state index contributed by atoms with van der Waals surface area (Å²) in [6.45, 7) is 6.75. The number of hydrogen-bond acceptors (Lipinski definition) is 7. The van der Waals surface area contributed by atoms with E-state index in [1.165, 1.54) is 4.52 Å². The maximum atomic E-state index is 13.5. The van der Waals surface area contributed by atoms with E-state index in [9.17, 15) is 9.59 Å². The summed E-state index contributed by atoms with van der Waals surface area (Å²) in [5, 5.41) is 9.34. The van der Waals surface area contributed by atoms with E-state index in [0.717, 1.165) is 62.7 Å². The van der Waals surface area contributed by atoms with Crippen LogP contribution in [-0.4, -0.2) is 31.0 Å². The first-order valence-electron chi connectivity index (χ1n) is 13.8. The summed E-state index contributed by atoms with van der Waals surface area (Å²) in [6.07, 6.45) is 4.94. The highest BCUT2D eigenvalue weighted by atomic mass is 32.1. The monoisotopic (exact) mass is 575 g/mol. The van der Waals surface area contributed by atoms with Crippen LogP contribution in [0.1, 0.15) is 41.3 Å². The van der Waals surface area contributed by atoms with Crippen LogP contribution in [0.5, 0.6) is 5.75 Å². The van der Waals surface area contributed by atoms with E-state index in [-0.39, 0.29) is 16.2 Å². The molecule has 6 aromatic rings. The number of ether oxygens (including phenoxy) is 1. The molecule has 8 nitrogen and oxygen atoms in total. The summed E-state index contributed by atoms with van der Waals surface area (Å²) in [6, 6.07) is 23.6. The minimum atomic E-state index is -0.429. The summed E-state index contributed by atoms with van der Waals surface area (Å²) in [4.78, 5) is 30.8. The zero-order chi connectivity index (χ0) is 29.2. The van der Waals surface area contributed by atoms with Crippen molar-refractivity contribution in [3.63, 3.8) is 0 Å². The third kappa shape index (κ3) is 5.51. The van der Waals surface area contributed by atoms with Crippen LogP contribution >= 0.6 is 11.3 Å². The van der Waals surface area contributed by atoms with Gasteiger partial charge in [-0.05, 0) is 67.8 Å². The number of aromatic nitrogens is 5. The van der Waals surface area contributed by atoms with Gasteiger partial charge in [-0.1, -0.05) is 66.3 Å². The van der Waals surface area contributed by atoms with Gasteiger partial charge >= 0.3 is 0 Å². The first-order valence-corrected chi connectivity index (χ1v) is 14.6. The molecule has 0 aliphatic heterocycles. The van der Waals surface area contributed by atoms with Gasteiger partial charge in [0.05, 0.1) is 16.8 Å². The second kappa shape index (κ2) is 11.5. The Kier molecular flexibility index (Phi) is 7.50. The molecule has 0 N–H and O–H groups in total. The maximum Gasteiger partial charge on any atom is 0.296 e. The molecule has 6 rings (SSSR count). The highest BCUT2D eigenvalue weighted by Crippen LogP contribution is 2.30. The lowest BCUT2D eigenvalue weighted by molar-refractivity contribution is 0.317. The average Bonchev–Trinajstić information content (AvgIpc) is 3.54. The van der Waals surface area contributed by atoms with Gasteiger partial charge in [-0.3, -0.25) is 9.59 Å². The minimum absolute atomic E-state index is 0.233. The van der Waals surface area contributed by atoms with Gasteiger partial charge in [-0.2, -0.15) is 19.7 Å². The molecule has 0 fully saturated rings. The van der Waals surface area contributed by atoms with E-state index in [4.69, 9.17) is 9.84 Å². The smallest absolute Gasteiger partial charge is 0.296 e. The van der Waals surface area contributed by atoms with Gasteiger partial charge in [0.1, 0.15) is 17.1 Å². The Balaban J connectivity index is 1.46. The second-order valence-corrected chi connectivity index (χ2v) is 11.2. The van der Waals surface area contributed by atoms with Crippen LogP contribution in [0.15, 0.2) is 88.6 Å². The molecule has 0 aliphatic carbocycles. The molecule has 0 radical (unpaired) electrons. The van der Waals surface area contributed by atoms with Gasteiger partial charge in [0.15, 0.2) is 0 Å². The van der Waals surface area contributed by atoms with E-state index >= 15 is 0 Å². The molecule has 3 aromatic carbocycles. The Hall–Kier alpha value is -4.89. The number of benzene rings is 3. The third-order valence-corrected chi connectivity index (χ3v) is 7.88. The van der Waals surface area contributed by atoms with Crippen molar-refractivity contribution in [3.8, 4) is 22.7 Å². The molecule has 210 valence electrons. The summed E-state index contributed by atoms with van der Waals surface area (Å²) < 4.78 is 9.27. The number of hydrogen-bond donors (Lipinski definition) is 0. The second-order valence-electron chi connectivity index (χ2n) is 10.2. The highest BCUT2D eigenvalue weighted by molar-refractivity contribution is 7.15. The molecule has 0 spiro atoms. The van der Waals surface area contributed by atoms with Gasteiger partial charge in [-0.25, -0.2) is 4.68 Å². The van der Waals surface area contributed by atoms with E-state index < -0.39 is 5.56 Å². The molecule has 3 heterocycles. The van der Waals surface area contributed by atoms with Crippen molar-refractivity contribution in [2.24, 2.45) is 0 Å². The van der Waals surface area contributed by atoms with Crippen molar-refractivity contribution < 1.29 is 4.74 Å². The van der Waals surface area contributed by atoms with Crippen LogP contribution in [0.2, 0.25) is 0 Å². The molecule has 0 saturated heterocycles. The standard InChI is InChI=1S/C33H29N5O3S/c1-4-16-41-26-14-15-27(22(3)17-26)30-24(20-37(36-30)25-8-6-5-7-9-25)19-29-32(40)38-33(42-29)34-31(39)28(35-38)18-23-12-10-21(2)11-13-23/h5-15,17,19-20H,4,16,18H2,1-3H3. The first kappa shape index (κ1) is 27.3. The lowest BCUT2D eigenvalue weighted by Gasteiger charge is -2.09. The van der Waals surface area contributed by atoms with E-state index in [0.29, 0.717) is 17.6 Å². The molecular weight excluding hydrogens is 546 g/mol. The van der Waals surface area contributed by atoms with Crippen molar-refractivity contribution in [3.05, 3.63) is 132 Å². The molecular formula is C33H29N5O3S. The Labute approximate surface area is 246 Å². The Morgan fingerprint density at radius 1 is 0.952 bits per heavy atom. The Morgan fingerprint density at radius 2 is 1.74 bits per heavy atom. The van der Waals surface area contributed by atoms with Crippen molar-refractivity contribution >= 4 is 22.4 Å². The molecule has 0 saturated carbocycles. The lowest BCUT2D eigenvalue weighted by atomic mass is 10.0. The Morgan fingerprint density at radius 3 is 2.48 bits per heavy atom. The molecule has 0 atom stereocenters. The molecule has 0 aliphatic rings. The molecule has 9 heteroatoms. The van der Waals surface area contributed by atoms with Crippen LogP contribution in [0.25, 0.3) is 28.0 Å². The molecule has 42 heavy (non-hydrogen) atoms. The number of aryl methyl sites for hydroxylation is 2. The predicted octanol–water partition coefficient (Wildman–Crippen LogP) is 4.91. The average molecular weight is 576 g/mol. The van der Waals surface area contributed by atoms with E-state index in [2.05, 4.69) is 17.0 Å². The SMILES string of the molecule is CCCOc1ccc(-c2nn(-c3ccccc3)cc2C=c2sc3nc(=O)c(Cc4ccc(C)cc4)nn3c2=O)c(C)c1. The molecule has 0 amide bonds. The lowest BCUT2D eigenvalue weighted by Crippen LogP contribution is -2.28. The van der Waals surface area contributed by atoms with Crippen LogP contribution in [0.3, 0.4) is 0 Å².